The van der Waals surface area contributed by atoms with Gasteiger partial charge < -0.3 is 9.80 Å². The SMILES string of the molecule is CC(=O)N1CC2CC[C@H]1CN2c1ccc(-n2nc(-c3cccc4nn(C)cc34)c3cccc(C)c32)cn1. The number of pyridine rings is 1. The molecule has 2 atom stereocenters. The van der Waals surface area contributed by atoms with Crippen LogP contribution >= 0.6 is 0 Å². The highest BCUT2D eigenvalue weighted by Gasteiger charge is 2.40. The molecule has 186 valence electrons. The van der Waals surface area contributed by atoms with Gasteiger partial charge in [-0.25, -0.2) is 9.67 Å². The van der Waals surface area contributed by atoms with Crippen LogP contribution in [0.5, 0.6) is 0 Å². The van der Waals surface area contributed by atoms with E-state index >= 15 is 0 Å². The quantitative estimate of drug-likeness (QED) is 0.372. The van der Waals surface area contributed by atoms with Crippen LogP contribution < -0.4 is 4.90 Å². The van der Waals surface area contributed by atoms with Crippen LogP contribution in [-0.2, 0) is 11.8 Å². The molecule has 2 bridgehead atoms. The van der Waals surface area contributed by atoms with Crippen molar-refractivity contribution in [3.63, 3.8) is 0 Å². The average molecular weight is 492 g/mol. The lowest BCUT2D eigenvalue weighted by molar-refractivity contribution is -0.133. The topological polar surface area (TPSA) is 72.1 Å². The number of benzene rings is 2. The molecule has 1 unspecified atom stereocenters. The minimum atomic E-state index is 0.177. The molecule has 3 fully saturated rings. The molecule has 0 saturated carbocycles. The first-order chi connectivity index (χ1) is 18.0. The number of piperazine rings is 1. The number of aromatic nitrogens is 5. The van der Waals surface area contributed by atoms with Crippen molar-refractivity contribution in [2.45, 2.75) is 38.8 Å². The molecule has 8 nitrogen and oxygen atoms in total. The second-order valence-electron chi connectivity index (χ2n) is 10.4. The molecule has 0 spiro atoms. The minimum Gasteiger partial charge on any atom is -0.350 e. The number of carbonyl (C=O) groups excluding carboxylic acids is 1. The number of nitrogens with zero attached hydrogens (tertiary/aromatic N) is 7. The van der Waals surface area contributed by atoms with E-state index in [1.807, 2.05) is 39.6 Å². The van der Waals surface area contributed by atoms with Crippen LogP contribution in [0.2, 0.25) is 0 Å². The van der Waals surface area contributed by atoms with Crippen LogP contribution in [0.25, 0.3) is 38.8 Å². The Balaban J connectivity index is 1.29. The highest BCUT2D eigenvalue weighted by atomic mass is 16.2. The number of amides is 1. The van der Waals surface area contributed by atoms with E-state index in [2.05, 4.69) is 59.5 Å². The fourth-order valence-electron chi connectivity index (χ4n) is 6.26. The summed E-state index contributed by atoms with van der Waals surface area (Å²) in [4.78, 5) is 21.3. The Bertz CT molecular complexity index is 1670. The molecule has 3 aromatic heterocycles. The average Bonchev–Trinajstić information content (AvgIpc) is 3.50. The lowest BCUT2D eigenvalue weighted by Gasteiger charge is -2.51. The van der Waals surface area contributed by atoms with Gasteiger partial charge in [-0.15, -0.1) is 0 Å². The van der Waals surface area contributed by atoms with Crippen molar-refractivity contribution in [3.05, 3.63) is 66.5 Å². The number of hydrogen-bond donors (Lipinski definition) is 0. The second kappa shape index (κ2) is 8.16. The number of piperidine rings is 2. The van der Waals surface area contributed by atoms with E-state index in [9.17, 15) is 4.79 Å². The molecular formula is C29H29N7O. The Morgan fingerprint density at radius 2 is 1.78 bits per heavy atom. The highest BCUT2D eigenvalue weighted by molar-refractivity contribution is 6.03. The monoisotopic (exact) mass is 491 g/mol. The first kappa shape index (κ1) is 22.0. The largest absolute Gasteiger partial charge is 0.350 e. The minimum absolute atomic E-state index is 0.177. The summed E-state index contributed by atoms with van der Waals surface area (Å²) in [5.41, 5.74) is 6.15. The molecule has 5 aromatic rings. The van der Waals surface area contributed by atoms with Gasteiger partial charge in [-0.1, -0.05) is 30.3 Å². The van der Waals surface area contributed by atoms with Crippen molar-refractivity contribution in [3.8, 4) is 16.9 Å². The predicted molar refractivity (Wildman–Crippen MR) is 145 cm³/mol. The lowest BCUT2D eigenvalue weighted by Crippen LogP contribution is -2.64. The molecule has 6 heterocycles. The zero-order valence-electron chi connectivity index (χ0n) is 21.3. The van der Waals surface area contributed by atoms with Gasteiger partial charge in [0.1, 0.15) is 11.5 Å². The smallest absolute Gasteiger partial charge is 0.219 e. The van der Waals surface area contributed by atoms with Crippen LogP contribution in [0, 0.1) is 6.92 Å². The van der Waals surface area contributed by atoms with Crippen LogP contribution in [0.15, 0.2) is 60.9 Å². The van der Waals surface area contributed by atoms with Gasteiger partial charge in [-0.05, 0) is 43.5 Å². The van der Waals surface area contributed by atoms with Gasteiger partial charge in [0.25, 0.3) is 0 Å². The molecule has 0 radical (unpaired) electrons. The van der Waals surface area contributed by atoms with Crippen LogP contribution in [0.3, 0.4) is 0 Å². The number of anilines is 1. The predicted octanol–water partition coefficient (Wildman–Crippen LogP) is 4.48. The molecule has 8 heteroatoms. The molecule has 8 rings (SSSR count). The van der Waals surface area contributed by atoms with E-state index in [1.165, 1.54) is 0 Å². The molecule has 0 aliphatic carbocycles. The maximum atomic E-state index is 12.0. The first-order valence-corrected chi connectivity index (χ1v) is 12.9. The fourth-order valence-corrected chi connectivity index (χ4v) is 6.26. The Hall–Kier alpha value is -4.20. The van der Waals surface area contributed by atoms with Crippen molar-refractivity contribution in [2.75, 3.05) is 18.0 Å². The van der Waals surface area contributed by atoms with Crippen LogP contribution in [-0.4, -0.2) is 60.5 Å². The summed E-state index contributed by atoms with van der Waals surface area (Å²) < 4.78 is 3.87. The second-order valence-corrected chi connectivity index (χ2v) is 10.4. The van der Waals surface area contributed by atoms with Gasteiger partial charge in [0.05, 0.1) is 22.9 Å². The summed E-state index contributed by atoms with van der Waals surface area (Å²) in [6.07, 6.45) is 6.16. The third-order valence-electron chi connectivity index (χ3n) is 8.03. The zero-order valence-corrected chi connectivity index (χ0v) is 21.3. The summed E-state index contributed by atoms with van der Waals surface area (Å²) in [6, 6.07) is 17.4. The van der Waals surface area contributed by atoms with Gasteiger partial charge in [-0.3, -0.25) is 9.48 Å². The van der Waals surface area contributed by atoms with E-state index < -0.39 is 0 Å². The van der Waals surface area contributed by atoms with Gasteiger partial charge in [-0.2, -0.15) is 10.2 Å². The standard InChI is InChI=1S/C29H29N7O/c1-18-6-4-8-24-28(23-7-5-9-26-25(23)17-33(3)31-26)32-36(29(18)24)20-12-13-27(30-14-20)35-16-21-10-11-22(35)15-34(21)19(2)37/h4-9,12-14,17,21-22H,10-11,15-16H2,1-3H3/t21-,22?/m0/s1. The zero-order chi connectivity index (χ0) is 25.3. The number of para-hydroxylation sites is 1. The normalized spacial score (nSPS) is 19.3. The van der Waals surface area contributed by atoms with E-state index in [0.717, 1.165) is 76.1 Å². The fraction of sp³-hybridized carbons (Fsp3) is 0.310. The number of aryl methyl sites for hydroxylation is 2. The maximum absolute atomic E-state index is 12.0. The van der Waals surface area contributed by atoms with Crippen LogP contribution in [0.1, 0.15) is 25.3 Å². The van der Waals surface area contributed by atoms with E-state index in [0.29, 0.717) is 6.04 Å². The van der Waals surface area contributed by atoms with Gasteiger partial charge in [0.2, 0.25) is 5.91 Å². The van der Waals surface area contributed by atoms with Crippen molar-refractivity contribution < 1.29 is 4.79 Å². The highest BCUT2D eigenvalue weighted by Crippen LogP contribution is 2.36. The van der Waals surface area contributed by atoms with Crippen LogP contribution in [0.4, 0.5) is 5.82 Å². The number of fused-ring (bicyclic) bond motifs is 5. The molecule has 3 aliphatic rings. The summed E-state index contributed by atoms with van der Waals surface area (Å²) in [6.45, 7) is 5.44. The molecule has 3 aliphatic heterocycles. The van der Waals surface area contributed by atoms with Gasteiger partial charge in [0.15, 0.2) is 0 Å². The van der Waals surface area contributed by atoms with Crippen molar-refractivity contribution in [1.29, 1.82) is 0 Å². The molecule has 0 N–H and O–H groups in total. The molecular weight excluding hydrogens is 462 g/mol. The summed E-state index contributed by atoms with van der Waals surface area (Å²) >= 11 is 0. The van der Waals surface area contributed by atoms with Crippen molar-refractivity contribution in [1.82, 2.24) is 29.4 Å². The van der Waals surface area contributed by atoms with E-state index in [1.54, 1.807) is 6.92 Å². The maximum Gasteiger partial charge on any atom is 0.219 e. The van der Waals surface area contributed by atoms with Crippen molar-refractivity contribution in [2.24, 2.45) is 7.05 Å². The van der Waals surface area contributed by atoms with E-state index in [-0.39, 0.29) is 11.9 Å². The molecule has 2 aromatic carbocycles. The summed E-state index contributed by atoms with van der Waals surface area (Å²) in [5, 5.41) is 11.9. The summed E-state index contributed by atoms with van der Waals surface area (Å²) in [7, 11) is 1.95. The molecule has 3 saturated heterocycles. The Labute approximate surface area is 215 Å². The van der Waals surface area contributed by atoms with Gasteiger partial charge in [0, 0.05) is 61.7 Å². The lowest BCUT2D eigenvalue weighted by atomic mass is 9.90. The number of carbonyl (C=O) groups is 1. The third kappa shape index (κ3) is 3.43. The summed E-state index contributed by atoms with van der Waals surface area (Å²) in [5.74, 6) is 1.14. The van der Waals surface area contributed by atoms with Gasteiger partial charge >= 0.3 is 0 Å². The number of rotatable bonds is 3. The Morgan fingerprint density at radius 1 is 0.946 bits per heavy atom. The first-order valence-electron chi connectivity index (χ1n) is 12.9. The number of hydrogen-bond acceptors (Lipinski definition) is 5. The molecule has 37 heavy (non-hydrogen) atoms. The Morgan fingerprint density at radius 3 is 2.54 bits per heavy atom. The molecule has 1 amide bonds. The van der Waals surface area contributed by atoms with E-state index in [4.69, 9.17) is 10.1 Å². The Kier molecular flexibility index (Phi) is 4.86. The third-order valence-corrected chi connectivity index (χ3v) is 8.03. The van der Waals surface area contributed by atoms with Crippen molar-refractivity contribution >= 4 is 33.5 Å².